The molecular formula is C23H48O2S. The minimum absolute atomic E-state index is 0.0610. The summed E-state index contributed by atoms with van der Waals surface area (Å²) >= 11 is 0. The van der Waals surface area contributed by atoms with Crippen molar-refractivity contribution in [3.8, 4) is 0 Å². The number of unbranched alkanes of at least 4 members (excludes halogenated alkanes) is 8. The quantitative estimate of drug-likeness (QED) is 0.289. The summed E-state index contributed by atoms with van der Waals surface area (Å²) in [6.45, 7) is 12.9. The molecule has 0 bridgehead atoms. The SMILES string of the molecule is CCCCCCCCCC[C@@H](C(O)CCCCC(C)C)[S@](=O)C(C)(C)C. The summed E-state index contributed by atoms with van der Waals surface area (Å²) in [7, 11) is -0.981. The molecule has 0 aromatic rings. The first kappa shape index (κ1) is 26.1. The van der Waals surface area contributed by atoms with Gasteiger partial charge in [0.25, 0.3) is 0 Å². The Bertz CT molecular complexity index is 347. The van der Waals surface area contributed by atoms with Gasteiger partial charge in [0.05, 0.1) is 11.4 Å². The molecule has 0 rings (SSSR count). The van der Waals surface area contributed by atoms with Crippen molar-refractivity contribution in [3.05, 3.63) is 0 Å². The summed E-state index contributed by atoms with van der Waals surface area (Å²) in [5, 5.41) is 10.7. The fourth-order valence-corrected chi connectivity index (χ4v) is 5.18. The third-order valence-electron chi connectivity index (χ3n) is 5.18. The van der Waals surface area contributed by atoms with Crippen LogP contribution in [0.25, 0.3) is 0 Å². The highest BCUT2D eigenvalue weighted by Gasteiger charge is 2.32. The molecule has 0 heterocycles. The van der Waals surface area contributed by atoms with Gasteiger partial charge in [-0.3, -0.25) is 4.21 Å². The van der Waals surface area contributed by atoms with Crippen molar-refractivity contribution in [1.82, 2.24) is 0 Å². The molecule has 0 saturated heterocycles. The Hall–Kier alpha value is 0.110. The molecule has 0 radical (unpaired) electrons. The largest absolute Gasteiger partial charge is 0.392 e. The van der Waals surface area contributed by atoms with Crippen LogP contribution in [0.3, 0.4) is 0 Å². The van der Waals surface area contributed by atoms with E-state index in [0.717, 1.165) is 31.6 Å². The maximum Gasteiger partial charge on any atom is 0.0683 e. The topological polar surface area (TPSA) is 37.3 Å². The third kappa shape index (κ3) is 13.3. The fourth-order valence-electron chi connectivity index (χ4n) is 3.47. The molecule has 0 aromatic heterocycles. The maximum absolute atomic E-state index is 12.9. The zero-order valence-corrected chi connectivity index (χ0v) is 19.5. The summed E-state index contributed by atoms with van der Waals surface area (Å²) in [4.78, 5) is 0. The third-order valence-corrected chi connectivity index (χ3v) is 7.49. The number of aliphatic hydroxyl groups excluding tert-OH is 1. The number of hydrogen-bond acceptors (Lipinski definition) is 2. The van der Waals surface area contributed by atoms with Crippen LogP contribution in [0, 0.1) is 5.92 Å². The van der Waals surface area contributed by atoms with Crippen molar-refractivity contribution in [2.75, 3.05) is 0 Å². The van der Waals surface area contributed by atoms with E-state index in [1.807, 2.05) is 20.8 Å². The van der Waals surface area contributed by atoms with E-state index in [4.69, 9.17) is 0 Å². The molecule has 0 aliphatic rings. The second-order valence-corrected chi connectivity index (χ2v) is 11.9. The van der Waals surface area contributed by atoms with Crippen molar-refractivity contribution < 1.29 is 9.32 Å². The van der Waals surface area contributed by atoms with Gasteiger partial charge in [-0.05, 0) is 39.5 Å². The van der Waals surface area contributed by atoms with Gasteiger partial charge < -0.3 is 5.11 Å². The van der Waals surface area contributed by atoms with Crippen LogP contribution >= 0.6 is 0 Å². The average Bonchev–Trinajstić information content (AvgIpc) is 2.55. The Morgan fingerprint density at radius 3 is 1.73 bits per heavy atom. The van der Waals surface area contributed by atoms with Crippen molar-refractivity contribution in [2.24, 2.45) is 5.92 Å². The normalized spacial score (nSPS) is 16.0. The molecule has 3 heteroatoms. The highest BCUT2D eigenvalue weighted by atomic mass is 32.2. The second-order valence-electron chi connectivity index (χ2n) is 9.46. The average molecular weight is 389 g/mol. The Labute approximate surface area is 167 Å². The summed E-state index contributed by atoms with van der Waals surface area (Å²) in [5.74, 6) is 0.726. The predicted octanol–water partition coefficient (Wildman–Crippen LogP) is 7.01. The first-order valence-corrected chi connectivity index (χ1v) is 12.5. The number of aliphatic hydroxyl groups is 1. The van der Waals surface area contributed by atoms with Crippen molar-refractivity contribution in [2.45, 2.75) is 141 Å². The lowest BCUT2D eigenvalue weighted by atomic mass is 10.00. The molecule has 0 saturated carbocycles. The molecular weight excluding hydrogens is 340 g/mol. The molecule has 0 fully saturated rings. The Balaban J connectivity index is 4.28. The summed E-state index contributed by atoms with van der Waals surface area (Å²) in [6.07, 6.45) is 15.0. The standard InChI is InChI=1S/C23H48O2S/c1-7-8-9-10-11-12-13-14-19-22(26(25)23(4,5)6)21(24)18-16-15-17-20(2)3/h20-22,24H,7-19H2,1-6H3/t21?,22-,26-/m0/s1. The lowest BCUT2D eigenvalue weighted by molar-refractivity contribution is 0.150. The van der Waals surface area contributed by atoms with Gasteiger partial charge in [-0.25, -0.2) is 0 Å². The molecule has 0 spiro atoms. The van der Waals surface area contributed by atoms with Gasteiger partial charge in [0.2, 0.25) is 0 Å². The van der Waals surface area contributed by atoms with Crippen molar-refractivity contribution in [1.29, 1.82) is 0 Å². The molecule has 26 heavy (non-hydrogen) atoms. The molecule has 158 valence electrons. The van der Waals surface area contributed by atoms with E-state index < -0.39 is 16.9 Å². The Kier molecular flexibility index (Phi) is 15.1. The first-order chi connectivity index (χ1) is 12.2. The minimum atomic E-state index is -0.981. The van der Waals surface area contributed by atoms with E-state index in [1.54, 1.807) is 0 Å². The highest BCUT2D eigenvalue weighted by molar-refractivity contribution is 7.87. The van der Waals surface area contributed by atoms with Gasteiger partial charge in [-0.15, -0.1) is 0 Å². The molecule has 3 atom stereocenters. The van der Waals surface area contributed by atoms with Gasteiger partial charge >= 0.3 is 0 Å². The number of hydrogen-bond donors (Lipinski definition) is 1. The lowest BCUT2D eigenvalue weighted by Crippen LogP contribution is -2.39. The fraction of sp³-hybridized carbons (Fsp3) is 1.00. The van der Waals surface area contributed by atoms with E-state index in [0.29, 0.717) is 0 Å². The van der Waals surface area contributed by atoms with E-state index in [2.05, 4.69) is 20.8 Å². The Morgan fingerprint density at radius 1 is 0.769 bits per heavy atom. The zero-order valence-electron chi connectivity index (χ0n) is 18.7. The van der Waals surface area contributed by atoms with E-state index in [-0.39, 0.29) is 10.00 Å². The first-order valence-electron chi connectivity index (χ1n) is 11.3. The predicted molar refractivity (Wildman–Crippen MR) is 118 cm³/mol. The van der Waals surface area contributed by atoms with Crippen LogP contribution in [0.2, 0.25) is 0 Å². The van der Waals surface area contributed by atoms with Crippen molar-refractivity contribution in [3.63, 3.8) is 0 Å². The van der Waals surface area contributed by atoms with E-state index in [9.17, 15) is 9.32 Å². The van der Waals surface area contributed by atoms with Crippen LogP contribution in [0.15, 0.2) is 0 Å². The highest BCUT2D eigenvalue weighted by Crippen LogP contribution is 2.25. The lowest BCUT2D eigenvalue weighted by Gasteiger charge is -2.29. The molecule has 0 aliphatic heterocycles. The second kappa shape index (κ2) is 15.1. The van der Waals surface area contributed by atoms with Gasteiger partial charge in [-0.1, -0.05) is 91.4 Å². The van der Waals surface area contributed by atoms with Crippen molar-refractivity contribution >= 4 is 10.8 Å². The van der Waals surface area contributed by atoms with Gasteiger partial charge in [0.15, 0.2) is 0 Å². The van der Waals surface area contributed by atoms with Gasteiger partial charge in [0.1, 0.15) is 0 Å². The number of rotatable bonds is 16. The zero-order chi connectivity index (χ0) is 20.0. The van der Waals surface area contributed by atoms with Crippen LogP contribution in [-0.2, 0) is 10.8 Å². The molecule has 0 amide bonds. The molecule has 0 aromatic carbocycles. The van der Waals surface area contributed by atoms with Crippen LogP contribution < -0.4 is 0 Å². The maximum atomic E-state index is 12.9. The van der Waals surface area contributed by atoms with E-state index >= 15 is 0 Å². The van der Waals surface area contributed by atoms with E-state index in [1.165, 1.54) is 57.8 Å². The molecule has 1 unspecified atom stereocenters. The summed E-state index contributed by atoms with van der Waals surface area (Å²) in [5.41, 5.74) is 0. The van der Waals surface area contributed by atoms with Crippen LogP contribution in [0.5, 0.6) is 0 Å². The Morgan fingerprint density at radius 2 is 1.23 bits per heavy atom. The van der Waals surface area contributed by atoms with Crippen LogP contribution in [-0.4, -0.2) is 25.4 Å². The molecule has 1 N–H and O–H groups in total. The van der Waals surface area contributed by atoms with Gasteiger partial charge in [-0.2, -0.15) is 0 Å². The summed E-state index contributed by atoms with van der Waals surface area (Å²) in [6, 6.07) is 0. The van der Waals surface area contributed by atoms with Gasteiger partial charge in [0, 0.05) is 15.5 Å². The van der Waals surface area contributed by atoms with Crippen LogP contribution in [0.4, 0.5) is 0 Å². The van der Waals surface area contributed by atoms with Crippen LogP contribution in [0.1, 0.15) is 125 Å². The molecule has 0 aliphatic carbocycles. The minimum Gasteiger partial charge on any atom is -0.392 e. The molecule has 2 nitrogen and oxygen atoms in total. The smallest absolute Gasteiger partial charge is 0.0683 e. The monoisotopic (exact) mass is 388 g/mol. The summed E-state index contributed by atoms with van der Waals surface area (Å²) < 4.78 is 12.7.